The van der Waals surface area contributed by atoms with Gasteiger partial charge in [-0.05, 0) is 111 Å². The molecule has 0 radical (unpaired) electrons. The summed E-state index contributed by atoms with van der Waals surface area (Å²) in [5, 5.41) is 1.21. The molecule has 6 heteroatoms. The van der Waals surface area contributed by atoms with Crippen LogP contribution < -0.4 is 5.30 Å². The molecule has 6 saturated carbocycles. The van der Waals surface area contributed by atoms with Crippen LogP contribution in [0.5, 0.6) is 0 Å². The first-order valence-corrected chi connectivity index (χ1v) is 31.7. The van der Waals surface area contributed by atoms with Crippen LogP contribution in [0.4, 0.5) is 0 Å². The maximum atomic E-state index is 5.71. The third kappa shape index (κ3) is 14.1. The van der Waals surface area contributed by atoms with Crippen LogP contribution in [0.1, 0.15) is 193 Å². The van der Waals surface area contributed by atoms with Crippen molar-refractivity contribution in [3.8, 4) is 0 Å². The summed E-state index contributed by atoms with van der Waals surface area (Å²) in [7, 11) is 12.2. The van der Waals surface area contributed by atoms with Crippen LogP contribution in [-0.2, 0) is 13.0 Å². The second kappa shape index (κ2) is 24.1. The van der Waals surface area contributed by atoms with Crippen LogP contribution in [0, 0.1) is 0 Å². The second-order valence-electron chi connectivity index (χ2n) is 16.2. The zero-order chi connectivity index (χ0) is 33.2. The predicted octanol–water partition coefficient (Wildman–Crippen LogP) is 16.0. The number of hydrogen-bond acceptors (Lipinski definition) is 0. The minimum atomic E-state index is -1.52. The monoisotopic (exact) mass is 840 g/mol. The van der Waals surface area contributed by atoms with Gasteiger partial charge in [-0.2, -0.15) is 0 Å². The van der Waals surface area contributed by atoms with Gasteiger partial charge in [0.15, 0.2) is 0 Å². The van der Waals surface area contributed by atoms with Crippen LogP contribution >= 0.6 is 41.7 Å². The molecule has 276 valence electrons. The Labute approximate surface area is 314 Å². The number of halogens is 2. The van der Waals surface area contributed by atoms with Crippen molar-refractivity contribution in [2.24, 2.45) is 0 Å². The first-order chi connectivity index (χ1) is 23.7. The summed E-state index contributed by atoms with van der Waals surface area (Å²) in [4.78, 5) is 0. The van der Waals surface area contributed by atoms with Gasteiger partial charge in [-0.1, -0.05) is 131 Å². The zero-order valence-corrected chi connectivity index (χ0v) is 36.4. The number of rotatable bonds is 7. The molecule has 1 aromatic rings. The summed E-state index contributed by atoms with van der Waals surface area (Å²) in [6.45, 7) is 1.10. The normalized spacial score (nSPS) is 25.3. The van der Waals surface area contributed by atoms with Crippen molar-refractivity contribution in [3.05, 3.63) is 30.3 Å². The summed E-state index contributed by atoms with van der Waals surface area (Å²) < 4.78 is 0. The third-order valence-electron chi connectivity index (χ3n) is 12.9. The Morgan fingerprint density at radius 1 is 0.375 bits per heavy atom. The number of benzene rings is 1. The molecule has 1 aromatic carbocycles. The SMILES string of the molecule is C1CCC(P(C2CCCCC2)C2CCCCC2)CC1.C1CCC(P(C2CCCCC2)C2CCCCC2)CC1.[Cl][Ru]([Cl])=[P]c1ccccc1. The molecule has 48 heavy (non-hydrogen) atoms. The van der Waals surface area contributed by atoms with E-state index in [1.165, 1.54) is 77.8 Å². The van der Waals surface area contributed by atoms with Gasteiger partial charge in [0.05, 0.1) is 0 Å². The Balaban J connectivity index is 0.000000148. The van der Waals surface area contributed by atoms with E-state index in [-0.39, 0.29) is 0 Å². The summed E-state index contributed by atoms with van der Waals surface area (Å²) >= 11 is -1.52. The summed E-state index contributed by atoms with van der Waals surface area (Å²) in [5.41, 5.74) is 7.14. The van der Waals surface area contributed by atoms with Crippen molar-refractivity contribution in [2.45, 2.75) is 227 Å². The average Bonchev–Trinajstić information content (AvgIpc) is 3.15. The molecule has 6 fully saturated rings. The van der Waals surface area contributed by atoms with Crippen molar-refractivity contribution < 1.29 is 13.0 Å². The van der Waals surface area contributed by atoms with Gasteiger partial charge in [-0.15, -0.1) is 0 Å². The molecule has 0 aliphatic heterocycles. The Bertz CT molecular complexity index is 844. The van der Waals surface area contributed by atoms with E-state index < -0.39 is 13.0 Å². The molecule has 6 aliphatic carbocycles. The van der Waals surface area contributed by atoms with Gasteiger partial charge in [0.1, 0.15) is 0 Å². The van der Waals surface area contributed by atoms with Gasteiger partial charge in [0.25, 0.3) is 0 Å². The topological polar surface area (TPSA) is 0 Å². The molecule has 0 spiro atoms. The standard InChI is InChI=1S/2C18H33P.C6H5P.2ClH.Ru/c2*1-4-10-16(11-5-1)19(17-12-6-2-7-13-17)18-14-8-3-9-15-18;7-6-4-2-1-3-5-6;;;/h2*16-18H,1-15H2;1-5H;2*1H;/q;;;;;+2/p-2. The Morgan fingerprint density at radius 2 is 0.604 bits per heavy atom. The maximum absolute atomic E-state index is 5.71. The van der Waals surface area contributed by atoms with E-state index in [0.717, 1.165) is 6.46 Å². The van der Waals surface area contributed by atoms with Crippen molar-refractivity contribution in [3.63, 3.8) is 0 Å². The van der Waals surface area contributed by atoms with Gasteiger partial charge in [-0.3, -0.25) is 0 Å². The average molecular weight is 841 g/mol. The minimum absolute atomic E-state index is 0.385. The molecule has 0 atom stereocenters. The van der Waals surface area contributed by atoms with E-state index in [0.29, 0.717) is 15.8 Å². The van der Waals surface area contributed by atoms with Gasteiger partial charge in [0.2, 0.25) is 0 Å². The quantitative estimate of drug-likeness (QED) is 0.190. The molecule has 0 heterocycles. The van der Waals surface area contributed by atoms with Gasteiger partial charge >= 0.3 is 74.5 Å². The van der Waals surface area contributed by atoms with Crippen molar-refractivity contribution in [1.29, 1.82) is 0 Å². The predicted molar refractivity (Wildman–Crippen MR) is 220 cm³/mol. The fraction of sp³-hybridized carbons (Fsp3) is 0.857. The van der Waals surface area contributed by atoms with E-state index in [9.17, 15) is 0 Å². The molecule has 7 rings (SSSR count). The molecule has 0 amide bonds. The first kappa shape index (κ1) is 40.8. The Hall–Kier alpha value is 1.58. The van der Waals surface area contributed by atoms with Gasteiger partial charge < -0.3 is 0 Å². The molecular weight excluding hydrogens is 769 g/mol. The van der Waals surface area contributed by atoms with Crippen LogP contribution in [-0.4, -0.2) is 34.0 Å². The van der Waals surface area contributed by atoms with E-state index in [4.69, 9.17) is 19.4 Å². The second-order valence-corrected chi connectivity index (χ2v) is 33.1. The third-order valence-corrected chi connectivity index (χ3v) is 26.0. The summed E-state index contributed by atoms with van der Waals surface area (Å²) in [6.07, 6.45) is 47.2. The Kier molecular flexibility index (Phi) is 20.5. The van der Waals surface area contributed by atoms with Crippen LogP contribution in [0.15, 0.2) is 30.3 Å². The van der Waals surface area contributed by atoms with E-state index >= 15 is 0 Å². The van der Waals surface area contributed by atoms with E-state index in [2.05, 4.69) is 0 Å². The van der Waals surface area contributed by atoms with Gasteiger partial charge in [0, 0.05) is 0 Å². The molecule has 0 saturated heterocycles. The van der Waals surface area contributed by atoms with E-state index in [1.54, 1.807) is 154 Å². The summed E-state index contributed by atoms with van der Waals surface area (Å²) in [5.74, 6) is 0. The van der Waals surface area contributed by atoms with Crippen molar-refractivity contribution in [2.75, 3.05) is 0 Å². The van der Waals surface area contributed by atoms with Crippen LogP contribution in [0.3, 0.4) is 0 Å². The molecule has 0 aromatic heterocycles. The molecule has 6 aliphatic rings. The number of hydrogen-bond donors (Lipinski definition) is 0. The van der Waals surface area contributed by atoms with E-state index in [1.807, 2.05) is 30.3 Å². The fourth-order valence-corrected chi connectivity index (χ4v) is 24.6. The van der Waals surface area contributed by atoms with Gasteiger partial charge in [-0.25, -0.2) is 0 Å². The molecule has 0 N–H and O–H groups in total. The van der Waals surface area contributed by atoms with Crippen LogP contribution in [0.2, 0.25) is 0 Å². The molecule has 0 nitrogen and oxygen atoms in total. The summed E-state index contributed by atoms with van der Waals surface area (Å²) in [6, 6.07) is 10.0. The van der Waals surface area contributed by atoms with Crippen LogP contribution in [0.25, 0.3) is 0 Å². The molecule has 0 unspecified atom stereocenters. The first-order valence-electron chi connectivity index (χ1n) is 21.0. The van der Waals surface area contributed by atoms with Crippen molar-refractivity contribution >= 4 is 47.0 Å². The van der Waals surface area contributed by atoms with Crippen molar-refractivity contribution in [1.82, 2.24) is 0 Å². The zero-order valence-electron chi connectivity index (χ0n) is 30.5. The fourth-order valence-electron chi connectivity index (χ4n) is 10.6. The Morgan fingerprint density at radius 3 is 0.812 bits per heavy atom. The molecule has 0 bridgehead atoms. The molecular formula is C42H71Cl2P3Ru.